The molecular formula is C15H28N2O2. The van der Waals surface area contributed by atoms with Gasteiger partial charge < -0.3 is 15.8 Å². The zero-order valence-corrected chi connectivity index (χ0v) is 12.1. The molecule has 0 aromatic heterocycles. The molecule has 2 aliphatic rings. The van der Waals surface area contributed by atoms with E-state index in [1.807, 2.05) is 6.92 Å². The summed E-state index contributed by atoms with van der Waals surface area (Å²) in [7, 11) is 0. The Hall–Kier alpha value is -0.610. The van der Waals surface area contributed by atoms with E-state index in [0.29, 0.717) is 18.6 Å². The SMILES string of the molecule is CCNC(COC1CCCCCC1)(C(N)=O)C1CC1. The Morgan fingerprint density at radius 1 is 1.21 bits per heavy atom. The molecule has 110 valence electrons. The maximum Gasteiger partial charge on any atom is 0.240 e. The van der Waals surface area contributed by atoms with Crippen molar-refractivity contribution >= 4 is 5.91 Å². The van der Waals surface area contributed by atoms with Gasteiger partial charge in [-0.05, 0) is 38.1 Å². The molecule has 2 saturated carbocycles. The van der Waals surface area contributed by atoms with Crippen molar-refractivity contribution in [3.63, 3.8) is 0 Å². The minimum absolute atomic E-state index is 0.245. The predicted molar refractivity (Wildman–Crippen MR) is 75.8 cm³/mol. The standard InChI is InChI=1S/C15H28N2O2/c1-2-17-15(14(16)18,12-9-10-12)11-19-13-7-5-3-4-6-8-13/h12-13,17H,2-11H2,1H3,(H2,16,18). The first-order chi connectivity index (χ1) is 9.19. The molecule has 0 heterocycles. The van der Waals surface area contributed by atoms with Crippen molar-refractivity contribution in [3.05, 3.63) is 0 Å². The second-order valence-corrected chi connectivity index (χ2v) is 6.06. The average Bonchev–Trinajstić information content (AvgIpc) is 3.21. The van der Waals surface area contributed by atoms with Gasteiger partial charge >= 0.3 is 0 Å². The molecule has 19 heavy (non-hydrogen) atoms. The van der Waals surface area contributed by atoms with Crippen molar-refractivity contribution in [2.75, 3.05) is 13.2 Å². The van der Waals surface area contributed by atoms with E-state index in [1.165, 1.54) is 25.7 Å². The van der Waals surface area contributed by atoms with E-state index in [9.17, 15) is 4.79 Å². The summed E-state index contributed by atoms with van der Waals surface area (Å²) in [5.74, 6) is 0.126. The van der Waals surface area contributed by atoms with E-state index >= 15 is 0 Å². The number of nitrogens with one attached hydrogen (secondary N) is 1. The van der Waals surface area contributed by atoms with Crippen LogP contribution < -0.4 is 11.1 Å². The first-order valence-electron chi connectivity index (χ1n) is 7.85. The molecule has 2 rings (SSSR count). The van der Waals surface area contributed by atoms with Crippen LogP contribution in [0.2, 0.25) is 0 Å². The zero-order valence-electron chi connectivity index (χ0n) is 12.1. The summed E-state index contributed by atoms with van der Waals surface area (Å²) in [6.45, 7) is 3.23. The number of likely N-dealkylation sites (N-methyl/N-ethyl adjacent to an activating group) is 1. The highest BCUT2D eigenvalue weighted by Crippen LogP contribution is 2.40. The van der Waals surface area contributed by atoms with Crippen molar-refractivity contribution < 1.29 is 9.53 Å². The van der Waals surface area contributed by atoms with E-state index in [0.717, 1.165) is 32.2 Å². The van der Waals surface area contributed by atoms with Crippen LogP contribution in [0, 0.1) is 5.92 Å². The minimum atomic E-state index is -0.624. The van der Waals surface area contributed by atoms with Gasteiger partial charge in [0.1, 0.15) is 5.54 Å². The van der Waals surface area contributed by atoms with Crippen molar-refractivity contribution in [2.45, 2.75) is 69.9 Å². The molecule has 1 atom stereocenters. The maximum atomic E-state index is 11.9. The number of carbonyl (C=O) groups is 1. The van der Waals surface area contributed by atoms with E-state index in [4.69, 9.17) is 10.5 Å². The summed E-state index contributed by atoms with van der Waals surface area (Å²) < 4.78 is 6.08. The summed E-state index contributed by atoms with van der Waals surface area (Å²) in [5.41, 5.74) is 5.04. The van der Waals surface area contributed by atoms with Crippen molar-refractivity contribution in [1.29, 1.82) is 0 Å². The molecule has 0 aliphatic heterocycles. The van der Waals surface area contributed by atoms with E-state index < -0.39 is 5.54 Å². The summed E-state index contributed by atoms with van der Waals surface area (Å²) in [5, 5.41) is 3.31. The molecular weight excluding hydrogens is 240 g/mol. The molecule has 0 aromatic carbocycles. The fourth-order valence-electron chi connectivity index (χ4n) is 3.22. The van der Waals surface area contributed by atoms with Gasteiger partial charge in [-0.3, -0.25) is 4.79 Å². The monoisotopic (exact) mass is 268 g/mol. The van der Waals surface area contributed by atoms with Crippen molar-refractivity contribution in [3.8, 4) is 0 Å². The summed E-state index contributed by atoms with van der Waals surface area (Å²) in [6, 6.07) is 0. The van der Waals surface area contributed by atoms with E-state index in [2.05, 4.69) is 5.32 Å². The lowest BCUT2D eigenvalue weighted by Crippen LogP contribution is -2.60. The third kappa shape index (κ3) is 3.69. The molecule has 0 bridgehead atoms. The number of primary amides is 1. The first-order valence-corrected chi connectivity index (χ1v) is 7.85. The van der Waals surface area contributed by atoms with Crippen LogP contribution in [0.1, 0.15) is 58.3 Å². The highest BCUT2D eigenvalue weighted by molar-refractivity contribution is 5.85. The van der Waals surface area contributed by atoms with Gasteiger partial charge in [0.15, 0.2) is 0 Å². The molecule has 1 amide bonds. The molecule has 0 saturated heterocycles. The van der Waals surface area contributed by atoms with Gasteiger partial charge in [0.2, 0.25) is 5.91 Å². The smallest absolute Gasteiger partial charge is 0.240 e. The summed E-state index contributed by atoms with van der Waals surface area (Å²) in [6.07, 6.45) is 9.88. The fourth-order valence-corrected chi connectivity index (χ4v) is 3.22. The zero-order chi connectivity index (χ0) is 13.7. The lowest BCUT2D eigenvalue weighted by Gasteiger charge is -2.33. The van der Waals surface area contributed by atoms with Crippen LogP contribution in [0.3, 0.4) is 0 Å². The van der Waals surface area contributed by atoms with Crippen molar-refractivity contribution in [1.82, 2.24) is 5.32 Å². The summed E-state index contributed by atoms with van der Waals surface area (Å²) >= 11 is 0. The Bertz CT molecular complexity index is 297. The normalized spacial score (nSPS) is 24.7. The van der Waals surface area contributed by atoms with Crippen LogP contribution in [0.15, 0.2) is 0 Å². The van der Waals surface area contributed by atoms with Crippen molar-refractivity contribution in [2.24, 2.45) is 11.7 Å². The number of hydrogen-bond acceptors (Lipinski definition) is 3. The Kier molecular flexibility index (Phi) is 5.22. The number of hydrogen-bond donors (Lipinski definition) is 2. The Labute approximate surface area is 116 Å². The molecule has 1 unspecified atom stereocenters. The van der Waals surface area contributed by atoms with Crippen LogP contribution in [-0.2, 0) is 9.53 Å². The molecule has 3 N–H and O–H groups in total. The van der Waals surface area contributed by atoms with Gasteiger partial charge in [-0.1, -0.05) is 32.6 Å². The van der Waals surface area contributed by atoms with Crippen LogP contribution >= 0.6 is 0 Å². The quantitative estimate of drug-likeness (QED) is 0.694. The second-order valence-electron chi connectivity index (χ2n) is 6.06. The van der Waals surface area contributed by atoms with Crippen LogP contribution in [0.5, 0.6) is 0 Å². The van der Waals surface area contributed by atoms with E-state index in [1.54, 1.807) is 0 Å². The highest BCUT2D eigenvalue weighted by atomic mass is 16.5. The highest BCUT2D eigenvalue weighted by Gasteiger charge is 2.49. The lowest BCUT2D eigenvalue weighted by molar-refractivity contribution is -0.129. The van der Waals surface area contributed by atoms with Crippen LogP contribution in [-0.4, -0.2) is 30.7 Å². The van der Waals surface area contributed by atoms with E-state index in [-0.39, 0.29) is 5.91 Å². The average molecular weight is 268 g/mol. The fraction of sp³-hybridized carbons (Fsp3) is 0.933. The number of carbonyl (C=O) groups excluding carboxylic acids is 1. The predicted octanol–water partition coefficient (Wildman–Crippen LogP) is 1.97. The Balaban J connectivity index is 1.93. The molecule has 4 nitrogen and oxygen atoms in total. The Morgan fingerprint density at radius 2 is 1.84 bits per heavy atom. The van der Waals surface area contributed by atoms with Crippen LogP contribution in [0.25, 0.3) is 0 Å². The summed E-state index contributed by atoms with van der Waals surface area (Å²) in [4.78, 5) is 11.9. The Morgan fingerprint density at radius 3 is 2.32 bits per heavy atom. The van der Waals surface area contributed by atoms with Gasteiger partial charge in [0.05, 0.1) is 12.7 Å². The topological polar surface area (TPSA) is 64.3 Å². The number of amides is 1. The number of rotatable bonds is 7. The van der Waals surface area contributed by atoms with Gasteiger partial charge in [-0.2, -0.15) is 0 Å². The van der Waals surface area contributed by atoms with Gasteiger partial charge in [-0.25, -0.2) is 0 Å². The van der Waals surface area contributed by atoms with Gasteiger partial charge in [-0.15, -0.1) is 0 Å². The molecule has 0 radical (unpaired) electrons. The first kappa shape index (κ1) is 14.8. The molecule has 0 aromatic rings. The minimum Gasteiger partial charge on any atom is -0.376 e. The second kappa shape index (κ2) is 6.71. The molecule has 2 fully saturated rings. The van der Waals surface area contributed by atoms with Crippen LogP contribution in [0.4, 0.5) is 0 Å². The lowest BCUT2D eigenvalue weighted by atomic mass is 9.93. The molecule has 4 heteroatoms. The maximum absolute atomic E-state index is 11.9. The molecule has 2 aliphatic carbocycles. The number of ether oxygens (including phenoxy) is 1. The van der Waals surface area contributed by atoms with Gasteiger partial charge in [0.25, 0.3) is 0 Å². The van der Waals surface area contributed by atoms with Gasteiger partial charge in [0, 0.05) is 0 Å². The number of nitrogens with two attached hydrogens (primary N) is 1. The third-order valence-electron chi connectivity index (χ3n) is 4.56. The largest absolute Gasteiger partial charge is 0.376 e. The third-order valence-corrected chi connectivity index (χ3v) is 4.56. The molecule has 0 spiro atoms.